The maximum atomic E-state index is 9.43. The van der Waals surface area contributed by atoms with E-state index in [1.807, 2.05) is 0 Å². The summed E-state index contributed by atoms with van der Waals surface area (Å²) in [6.07, 6.45) is 0.868. The lowest BCUT2D eigenvalue weighted by Gasteiger charge is -2.43. The van der Waals surface area contributed by atoms with E-state index in [1.165, 1.54) is 11.1 Å². The van der Waals surface area contributed by atoms with Gasteiger partial charge in [0.15, 0.2) is 0 Å². The lowest BCUT2D eigenvalue weighted by molar-refractivity contribution is 0.0381. The van der Waals surface area contributed by atoms with Crippen LogP contribution in [0, 0.1) is 12.3 Å². The van der Waals surface area contributed by atoms with Gasteiger partial charge in [-0.1, -0.05) is 45.0 Å². The van der Waals surface area contributed by atoms with Crippen molar-refractivity contribution < 1.29 is 5.11 Å². The second kappa shape index (κ2) is 7.58. The summed E-state index contributed by atoms with van der Waals surface area (Å²) in [6, 6.07) is 9.10. The van der Waals surface area contributed by atoms with Gasteiger partial charge in [0, 0.05) is 45.4 Å². The first-order valence-electron chi connectivity index (χ1n) is 8.51. The van der Waals surface area contributed by atoms with E-state index in [9.17, 15) is 5.11 Å². The van der Waals surface area contributed by atoms with Gasteiger partial charge < -0.3 is 5.11 Å². The first kappa shape index (κ1) is 17.5. The molecule has 1 fully saturated rings. The molecule has 1 atom stereocenters. The van der Waals surface area contributed by atoms with Crippen LogP contribution in [0.2, 0.25) is 0 Å². The molecule has 0 aliphatic carbocycles. The highest BCUT2D eigenvalue weighted by Gasteiger charge is 2.28. The number of nitrogens with zero attached hydrogens (tertiary/aromatic N) is 2. The summed E-state index contributed by atoms with van der Waals surface area (Å²) >= 11 is 0. The monoisotopic (exact) mass is 304 g/mol. The van der Waals surface area contributed by atoms with E-state index >= 15 is 0 Å². The third-order valence-electron chi connectivity index (χ3n) is 4.48. The van der Waals surface area contributed by atoms with Gasteiger partial charge in [-0.15, -0.1) is 0 Å². The number of aryl methyl sites for hydroxylation is 1. The molecule has 0 spiro atoms. The van der Waals surface area contributed by atoms with Crippen LogP contribution in [0.3, 0.4) is 0 Å². The van der Waals surface area contributed by atoms with Crippen LogP contribution in [0.15, 0.2) is 24.3 Å². The summed E-state index contributed by atoms with van der Waals surface area (Å²) in [6.45, 7) is 14.8. The second-order valence-electron chi connectivity index (χ2n) is 7.86. The zero-order valence-electron chi connectivity index (χ0n) is 14.7. The zero-order chi connectivity index (χ0) is 16.2. The molecular weight excluding hydrogens is 272 g/mol. The van der Waals surface area contributed by atoms with Gasteiger partial charge in [0.1, 0.15) is 0 Å². The molecule has 3 heteroatoms. The molecule has 3 nitrogen and oxygen atoms in total. The Hall–Kier alpha value is -0.900. The maximum Gasteiger partial charge on any atom is 0.0446 e. The number of rotatable bonds is 5. The number of benzene rings is 1. The predicted octanol–water partition coefficient (Wildman–Crippen LogP) is 2.91. The largest absolute Gasteiger partial charge is 0.396 e. The van der Waals surface area contributed by atoms with Crippen LogP contribution in [0.4, 0.5) is 0 Å². The molecule has 0 aromatic heterocycles. The van der Waals surface area contributed by atoms with E-state index in [0.29, 0.717) is 11.5 Å². The number of piperazine rings is 1. The number of aliphatic hydroxyl groups is 1. The Balaban J connectivity index is 2.01. The summed E-state index contributed by atoms with van der Waals surface area (Å²) < 4.78 is 0. The molecule has 2 rings (SSSR count). The first-order chi connectivity index (χ1) is 10.4. The van der Waals surface area contributed by atoms with Gasteiger partial charge in [-0.25, -0.2) is 0 Å². The molecule has 1 aromatic carbocycles. The van der Waals surface area contributed by atoms with Crippen LogP contribution in [0.5, 0.6) is 0 Å². The average Bonchev–Trinajstić information content (AvgIpc) is 2.42. The summed E-state index contributed by atoms with van der Waals surface area (Å²) in [5.41, 5.74) is 3.11. The molecule has 1 N–H and O–H groups in total. The van der Waals surface area contributed by atoms with Crippen molar-refractivity contribution >= 4 is 0 Å². The summed E-state index contributed by atoms with van der Waals surface area (Å²) in [4.78, 5) is 5.12. The SMILES string of the molecule is Cc1ccccc1CN1CCN(CC(C)(C)C)C[C@@H]1CCO. The highest BCUT2D eigenvalue weighted by Crippen LogP contribution is 2.22. The zero-order valence-corrected chi connectivity index (χ0v) is 14.7. The fourth-order valence-electron chi connectivity index (χ4n) is 3.41. The molecule has 0 bridgehead atoms. The van der Waals surface area contributed by atoms with Crippen molar-refractivity contribution in [3.05, 3.63) is 35.4 Å². The Morgan fingerprint density at radius 1 is 1.18 bits per heavy atom. The topological polar surface area (TPSA) is 26.7 Å². The van der Waals surface area contributed by atoms with Crippen molar-refractivity contribution in [3.8, 4) is 0 Å². The van der Waals surface area contributed by atoms with Crippen LogP contribution < -0.4 is 0 Å². The minimum atomic E-state index is 0.276. The molecule has 1 aliphatic heterocycles. The van der Waals surface area contributed by atoms with E-state index in [0.717, 1.165) is 39.1 Å². The van der Waals surface area contributed by atoms with E-state index in [4.69, 9.17) is 0 Å². The molecule has 0 unspecified atom stereocenters. The lowest BCUT2D eigenvalue weighted by atomic mass is 9.94. The first-order valence-corrected chi connectivity index (χ1v) is 8.51. The van der Waals surface area contributed by atoms with Gasteiger partial charge in [-0.2, -0.15) is 0 Å². The normalized spacial score (nSPS) is 21.2. The molecule has 1 heterocycles. The molecule has 124 valence electrons. The standard InChI is InChI=1S/C19H32N2O/c1-16-7-5-6-8-17(16)13-21-11-10-20(15-19(2,3)4)14-18(21)9-12-22/h5-8,18,22H,9-15H2,1-4H3/t18-/m0/s1. The molecular formula is C19H32N2O. The van der Waals surface area contributed by atoms with Gasteiger partial charge >= 0.3 is 0 Å². The minimum Gasteiger partial charge on any atom is -0.396 e. The van der Waals surface area contributed by atoms with E-state index in [2.05, 4.69) is 61.8 Å². The molecule has 0 amide bonds. The minimum absolute atomic E-state index is 0.276. The van der Waals surface area contributed by atoms with Crippen LogP contribution in [-0.4, -0.2) is 53.7 Å². The van der Waals surface area contributed by atoms with E-state index < -0.39 is 0 Å². The molecule has 1 aromatic rings. The quantitative estimate of drug-likeness (QED) is 0.906. The van der Waals surface area contributed by atoms with Crippen molar-refractivity contribution in [3.63, 3.8) is 0 Å². The van der Waals surface area contributed by atoms with Crippen LogP contribution in [0.1, 0.15) is 38.3 Å². The number of hydrogen-bond donors (Lipinski definition) is 1. The Labute approximate surface area is 135 Å². The average molecular weight is 304 g/mol. The van der Waals surface area contributed by atoms with Gasteiger partial charge in [-0.05, 0) is 29.9 Å². The fraction of sp³-hybridized carbons (Fsp3) is 0.684. The van der Waals surface area contributed by atoms with Gasteiger partial charge in [0.2, 0.25) is 0 Å². The van der Waals surface area contributed by atoms with Crippen LogP contribution in [-0.2, 0) is 6.54 Å². The predicted molar refractivity (Wildman–Crippen MR) is 93.0 cm³/mol. The summed E-state index contributed by atoms with van der Waals surface area (Å²) in [5, 5.41) is 9.43. The molecule has 1 saturated heterocycles. The van der Waals surface area contributed by atoms with Crippen molar-refractivity contribution in [1.29, 1.82) is 0 Å². The highest BCUT2D eigenvalue weighted by atomic mass is 16.3. The Morgan fingerprint density at radius 3 is 2.55 bits per heavy atom. The third kappa shape index (κ3) is 5.08. The third-order valence-corrected chi connectivity index (χ3v) is 4.48. The number of hydrogen-bond acceptors (Lipinski definition) is 3. The summed E-state index contributed by atoms with van der Waals surface area (Å²) in [7, 11) is 0. The smallest absolute Gasteiger partial charge is 0.0446 e. The fourth-order valence-corrected chi connectivity index (χ4v) is 3.41. The Bertz CT molecular complexity index is 467. The Kier molecular flexibility index (Phi) is 6.01. The second-order valence-corrected chi connectivity index (χ2v) is 7.86. The van der Waals surface area contributed by atoms with Crippen molar-refractivity contribution in [1.82, 2.24) is 9.80 Å². The van der Waals surface area contributed by atoms with Gasteiger partial charge in [0.25, 0.3) is 0 Å². The molecule has 1 aliphatic rings. The van der Waals surface area contributed by atoms with Crippen molar-refractivity contribution in [2.24, 2.45) is 5.41 Å². The summed E-state index contributed by atoms with van der Waals surface area (Å²) in [5.74, 6) is 0. The van der Waals surface area contributed by atoms with E-state index in [-0.39, 0.29) is 6.61 Å². The van der Waals surface area contributed by atoms with Crippen molar-refractivity contribution in [2.75, 3.05) is 32.8 Å². The van der Waals surface area contributed by atoms with Gasteiger partial charge in [-0.3, -0.25) is 9.80 Å². The maximum absolute atomic E-state index is 9.43. The van der Waals surface area contributed by atoms with Crippen LogP contribution in [0.25, 0.3) is 0 Å². The number of aliphatic hydroxyl groups excluding tert-OH is 1. The Morgan fingerprint density at radius 2 is 1.91 bits per heavy atom. The van der Waals surface area contributed by atoms with Crippen LogP contribution >= 0.6 is 0 Å². The molecule has 0 saturated carbocycles. The molecule has 22 heavy (non-hydrogen) atoms. The highest BCUT2D eigenvalue weighted by molar-refractivity contribution is 5.25. The molecule has 0 radical (unpaired) electrons. The van der Waals surface area contributed by atoms with Crippen molar-refractivity contribution in [2.45, 2.75) is 46.7 Å². The lowest BCUT2D eigenvalue weighted by Crippen LogP contribution is -2.54. The van der Waals surface area contributed by atoms with Gasteiger partial charge in [0.05, 0.1) is 0 Å². The van der Waals surface area contributed by atoms with E-state index in [1.54, 1.807) is 0 Å².